The van der Waals surface area contributed by atoms with E-state index in [2.05, 4.69) is 5.32 Å². The van der Waals surface area contributed by atoms with Gasteiger partial charge in [0.2, 0.25) is 5.43 Å². The van der Waals surface area contributed by atoms with Gasteiger partial charge < -0.3 is 24.6 Å². The summed E-state index contributed by atoms with van der Waals surface area (Å²) in [5, 5.41) is 12.0. The molecular formula is C24H27F2N3O5. The first-order valence-corrected chi connectivity index (χ1v) is 11.5. The van der Waals surface area contributed by atoms with Crippen LogP contribution in [0.2, 0.25) is 0 Å². The molecule has 0 radical (unpaired) electrons. The van der Waals surface area contributed by atoms with E-state index in [0.717, 1.165) is 31.5 Å². The molecule has 2 heterocycles. The van der Waals surface area contributed by atoms with E-state index in [-0.39, 0.29) is 47.1 Å². The number of ether oxygens (including phenoxy) is 1. The molecule has 3 atom stereocenters. The zero-order chi connectivity index (χ0) is 24.5. The molecule has 0 spiro atoms. The molecule has 1 aromatic carbocycles. The van der Waals surface area contributed by atoms with Gasteiger partial charge in [-0.2, -0.15) is 0 Å². The number of fused-ring (bicyclic) bond motifs is 2. The predicted octanol–water partition coefficient (Wildman–Crippen LogP) is 3.66. The fraction of sp³-hybridized carbons (Fsp3) is 0.542. The number of anilines is 1. The fourth-order valence-corrected chi connectivity index (χ4v) is 5.01. The van der Waals surface area contributed by atoms with Crippen LogP contribution in [-0.4, -0.2) is 46.5 Å². The van der Waals surface area contributed by atoms with Crippen molar-refractivity contribution in [2.45, 2.75) is 57.7 Å². The number of amides is 1. The zero-order valence-corrected chi connectivity index (χ0v) is 19.2. The minimum absolute atomic E-state index is 0.0801. The maximum absolute atomic E-state index is 15.9. The van der Waals surface area contributed by atoms with Crippen molar-refractivity contribution in [3.05, 3.63) is 39.7 Å². The van der Waals surface area contributed by atoms with E-state index in [0.29, 0.717) is 6.54 Å². The number of nitrogens with one attached hydrogen (secondary N) is 1. The Bertz CT molecular complexity index is 1260. The Morgan fingerprint density at radius 2 is 1.91 bits per heavy atom. The number of hydrogen-bond acceptors (Lipinski definition) is 5. The standard InChI is InChI=1S/C24H27F2N3O5/c1-24(2,3)34-23(33)27-17-10-28(8-11-6-13(11)17)20-16(25)7-14-19(18(20)26)29(12-4-5-12)9-15(21(14)30)22(31)32/h7,9,11-13,17H,4-6,8,10H2,1-3H3,(H,27,33)(H,31,32)/t11-,13-,17-/m0/s1. The third-order valence-electron chi connectivity index (χ3n) is 6.74. The van der Waals surface area contributed by atoms with Gasteiger partial charge in [-0.1, -0.05) is 0 Å². The topological polar surface area (TPSA) is 101 Å². The lowest BCUT2D eigenvalue weighted by Crippen LogP contribution is -2.51. The van der Waals surface area contributed by atoms with Crippen molar-refractivity contribution in [2.24, 2.45) is 11.8 Å². The van der Waals surface area contributed by atoms with Crippen LogP contribution in [0.3, 0.4) is 0 Å². The van der Waals surface area contributed by atoms with Gasteiger partial charge in [0.05, 0.1) is 16.9 Å². The highest BCUT2D eigenvalue weighted by atomic mass is 19.1. The molecule has 10 heteroatoms. The largest absolute Gasteiger partial charge is 0.477 e. The van der Waals surface area contributed by atoms with E-state index in [1.54, 1.807) is 25.7 Å². The second-order valence-corrected chi connectivity index (χ2v) is 10.5. The van der Waals surface area contributed by atoms with E-state index in [4.69, 9.17) is 4.74 Å². The molecule has 8 nitrogen and oxygen atoms in total. The molecule has 3 fully saturated rings. The molecule has 1 saturated heterocycles. The van der Waals surface area contributed by atoms with Gasteiger partial charge in [-0.3, -0.25) is 4.79 Å². The Labute approximate surface area is 194 Å². The van der Waals surface area contributed by atoms with Crippen LogP contribution in [0, 0.1) is 23.5 Å². The number of nitrogens with zero attached hydrogens (tertiary/aromatic N) is 2. The minimum atomic E-state index is -1.43. The molecule has 182 valence electrons. The SMILES string of the molecule is CC(C)(C)OC(=O)N[C@H]1CN(c2c(F)cc3c(=O)c(C(=O)O)cn(C4CC4)c3c2F)C[C@@H]2C[C@@H]21. The lowest BCUT2D eigenvalue weighted by molar-refractivity contribution is 0.0494. The molecule has 1 aromatic heterocycles. The summed E-state index contributed by atoms with van der Waals surface area (Å²) in [6.07, 6.45) is 2.86. The summed E-state index contributed by atoms with van der Waals surface area (Å²) in [6.45, 7) is 5.90. The Morgan fingerprint density at radius 1 is 1.21 bits per heavy atom. The van der Waals surface area contributed by atoms with Crippen molar-refractivity contribution in [1.29, 1.82) is 0 Å². The van der Waals surface area contributed by atoms with Crippen LogP contribution in [0.4, 0.5) is 19.3 Å². The van der Waals surface area contributed by atoms with Gasteiger partial charge in [0.15, 0.2) is 5.82 Å². The molecule has 2 saturated carbocycles. The second-order valence-electron chi connectivity index (χ2n) is 10.5. The van der Waals surface area contributed by atoms with Gasteiger partial charge in [-0.15, -0.1) is 0 Å². The average molecular weight is 475 g/mol. The Balaban J connectivity index is 1.53. The number of piperidine rings is 1. The van der Waals surface area contributed by atoms with Crippen LogP contribution in [0.15, 0.2) is 17.1 Å². The fourth-order valence-electron chi connectivity index (χ4n) is 5.01. The first-order valence-electron chi connectivity index (χ1n) is 11.5. The van der Waals surface area contributed by atoms with Crippen molar-refractivity contribution in [1.82, 2.24) is 9.88 Å². The summed E-state index contributed by atoms with van der Waals surface area (Å²) < 4.78 is 38.0. The van der Waals surface area contributed by atoms with Gasteiger partial charge >= 0.3 is 12.1 Å². The number of carboxylic acid groups (broad SMARTS) is 1. The summed E-state index contributed by atoms with van der Waals surface area (Å²) in [4.78, 5) is 38.1. The molecule has 1 aliphatic heterocycles. The average Bonchev–Trinajstić information content (AvgIpc) is 3.61. The number of carbonyl (C=O) groups is 2. The van der Waals surface area contributed by atoms with E-state index < -0.39 is 40.3 Å². The first kappa shape index (κ1) is 22.6. The van der Waals surface area contributed by atoms with Crippen LogP contribution >= 0.6 is 0 Å². The molecule has 2 aromatic rings. The molecule has 2 aliphatic carbocycles. The summed E-state index contributed by atoms with van der Waals surface area (Å²) in [5.41, 5.74) is -2.42. The van der Waals surface area contributed by atoms with Gasteiger partial charge in [0.1, 0.15) is 22.7 Å². The lowest BCUT2D eigenvalue weighted by atomic mass is 10.0. The normalized spacial score (nSPS) is 24.0. The smallest absolute Gasteiger partial charge is 0.407 e. The summed E-state index contributed by atoms with van der Waals surface area (Å²) in [7, 11) is 0. The van der Waals surface area contributed by atoms with E-state index >= 15 is 8.78 Å². The van der Waals surface area contributed by atoms with Crippen LogP contribution in [0.25, 0.3) is 10.9 Å². The Kier molecular flexibility index (Phi) is 5.11. The molecule has 0 bridgehead atoms. The Hall–Kier alpha value is -3.17. The number of carbonyl (C=O) groups excluding carboxylic acids is 1. The second kappa shape index (κ2) is 7.68. The monoisotopic (exact) mass is 475 g/mol. The van der Waals surface area contributed by atoms with Crippen molar-refractivity contribution in [3.8, 4) is 0 Å². The molecule has 0 unspecified atom stereocenters. The number of halogens is 2. The van der Waals surface area contributed by atoms with E-state index in [1.165, 1.54) is 4.57 Å². The summed E-state index contributed by atoms with van der Waals surface area (Å²) >= 11 is 0. The van der Waals surface area contributed by atoms with Gasteiger partial charge in [-0.05, 0) is 57.9 Å². The molecule has 5 rings (SSSR count). The summed E-state index contributed by atoms with van der Waals surface area (Å²) in [5.74, 6) is -2.84. The quantitative estimate of drug-likeness (QED) is 0.700. The lowest BCUT2D eigenvalue weighted by Gasteiger charge is -2.35. The van der Waals surface area contributed by atoms with Gasteiger partial charge in [-0.25, -0.2) is 18.4 Å². The van der Waals surface area contributed by atoms with Crippen molar-refractivity contribution in [2.75, 3.05) is 18.0 Å². The number of aromatic nitrogens is 1. The number of alkyl carbamates (subject to hydrolysis) is 1. The van der Waals surface area contributed by atoms with Crippen LogP contribution in [0.1, 0.15) is 56.4 Å². The first-order chi connectivity index (χ1) is 15.9. The molecular weight excluding hydrogens is 448 g/mol. The molecule has 1 amide bonds. The molecule has 3 aliphatic rings. The van der Waals surface area contributed by atoms with Crippen molar-refractivity contribution >= 4 is 28.7 Å². The third-order valence-corrected chi connectivity index (χ3v) is 6.74. The number of rotatable bonds is 4. The minimum Gasteiger partial charge on any atom is -0.477 e. The predicted molar refractivity (Wildman–Crippen MR) is 120 cm³/mol. The molecule has 2 N–H and O–H groups in total. The van der Waals surface area contributed by atoms with E-state index in [9.17, 15) is 19.5 Å². The van der Waals surface area contributed by atoms with Crippen molar-refractivity contribution < 1.29 is 28.2 Å². The highest BCUT2D eigenvalue weighted by Gasteiger charge is 2.49. The maximum Gasteiger partial charge on any atom is 0.407 e. The van der Waals surface area contributed by atoms with Crippen molar-refractivity contribution in [3.63, 3.8) is 0 Å². The van der Waals surface area contributed by atoms with Crippen LogP contribution in [-0.2, 0) is 4.74 Å². The zero-order valence-electron chi connectivity index (χ0n) is 19.2. The van der Waals surface area contributed by atoms with Crippen LogP contribution in [0.5, 0.6) is 0 Å². The van der Waals surface area contributed by atoms with Gasteiger partial charge in [0, 0.05) is 25.3 Å². The number of pyridine rings is 1. The number of hydrogen-bond donors (Lipinski definition) is 2. The van der Waals surface area contributed by atoms with Crippen LogP contribution < -0.4 is 15.6 Å². The highest BCUT2D eigenvalue weighted by molar-refractivity contribution is 5.94. The maximum atomic E-state index is 15.9. The van der Waals surface area contributed by atoms with Gasteiger partial charge in [0.25, 0.3) is 0 Å². The third kappa shape index (κ3) is 3.99. The van der Waals surface area contributed by atoms with E-state index in [1.807, 2.05) is 0 Å². The summed E-state index contributed by atoms with van der Waals surface area (Å²) in [6, 6.07) is 0.476. The highest BCUT2D eigenvalue weighted by Crippen LogP contribution is 2.47. The number of aromatic carboxylic acids is 1. The number of carboxylic acids is 1. The Morgan fingerprint density at radius 3 is 2.53 bits per heavy atom. The number of benzene rings is 1. The molecule has 34 heavy (non-hydrogen) atoms.